The van der Waals surface area contributed by atoms with Gasteiger partial charge in [-0.3, -0.25) is 14.9 Å². The van der Waals surface area contributed by atoms with Crippen LogP contribution in [-0.2, 0) is 4.79 Å². The molecule has 0 radical (unpaired) electrons. The molecule has 1 N–H and O–H groups in total. The van der Waals surface area contributed by atoms with Crippen molar-refractivity contribution in [2.24, 2.45) is 0 Å². The summed E-state index contributed by atoms with van der Waals surface area (Å²) in [7, 11) is 0. The van der Waals surface area contributed by atoms with E-state index in [0.29, 0.717) is 10.0 Å². The van der Waals surface area contributed by atoms with Crippen LogP contribution in [0.3, 0.4) is 0 Å². The highest BCUT2D eigenvalue weighted by Crippen LogP contribution is 2.28. The minimum atomic E-state index is -0.968. The third-order valence-electron chi connectivity index (χ3n) is 2.03. The Balaban J connectivity index is 3.13. The predicted molar refractivity (Wildman–Crippen MR) is 56.8 cm³/mol. The molecule has 0 saturated carbocycles. The van der Waals surface area contributed by atoms with Crippen molar-refractivity contribution in [2.45, 2.75) is 12.8 Å². The van der Waals surface area contributed by atoms with E-state index in [-0.39, 0.29) is 5.69 Å². The molecule has 0 aliphatic carbocycles. The summed E-state index contributed by atoms with van der Waals surface area (Å²) in [6.45, 7) is 1.52. The van der Waals surface area contributed by atoms with E-state index in [1.165, 1.54) is 25.1 Å². The van der Waals surface area contributed by atoms with Crippen molar-refractivity contribution in [1.29, 1.82) is 0 Å². The number of nitro groups is 1. The number of carboxylic acids is 1. The molecule has 5 nitrogen and oxygen atoms in total. The summed E-state index contributed by atoms with van der Waals surface area (Å²) in [5, 5.41) is 19.2. The summed E-state index contributed by atoms with van der Waals surface area (Å²) >= 11 is 3.12. The number of rotatable bonds is 3. The Bertz CT molecular complexity index is 419. The van der Waals surface area contributed by atoms with Gasteiger partial charge in [-0.2, -0.15) is 0 Å². The minimum absolute atomic E-state index is 0.0665. The van der Waals surface area contributed by atoms with E-state index < -0.39 is 16.8 Å². The molecular formula is C9H8BrNO4. The fourth-order valence-electron chi connectivity index (χ4n) is 1.11. The zero-order valence-corrected chi connectivity index (χ0v) is 9.39. The van der Waals surface area contributed by atoms with Gasteiger partial charge in [0.1, 0.15) is 0 Å². The summed E-state index contributed by atoms with van der Waals surface area (Å²) < 4.78 is 0.437. The minimum Gasteiger partial charge on any atom is -0.481 e. The molecule has 1 unspecified atom stereocenters. The highest BCUT2D eigenvalue weighted by molar-refractivity contribution is 9.10. The first-order valence-electron chi connectivity index (χ1n) is 4.10. The highest BCUT2D eigenvalue weighted by Gasteiger charge is 2.18. The Labute approximate surface area is 94.0 Å². The van der Waals surface area contributed by atoms with E-state index in [0.717, 1.165) is 0 Å². The van der Waals surface area contributed by atoms with Gasteiger partial charge in [0, 0.05) is 16.6 Å². The standard InChI is InChI=1S/C9H8BrNO4/c1-5(9(12)13)7-3-2-6(11(14)15)4-8(7)10/h2-5H,1H3,(H,12,13). The van der Waals surface area contributed by atoms with Crippen LogP contribution in [0.4, 0.5) is 5.69 Å². The van der Waals surface area contributed by atoms with Crippen molar-refractivity contribution in [3.8, 4) is 0 Å². The van der Waals surface area contributed by atoms with Gasteiger partial charge in [0.15, 0.2) is 0 Å². The molecule has 15 heavy (non-hydrogen) atoms. The summed E-state index contributed by atoms with van der Waals surface area (Å²) in [5.74, 6) is -1.66. The largest absolute Gasteiger partial charge is 0.481 e. The fourth-order valence-corrected chi connectivity index (χ4v) is 1.82. The van der Waals surface area contributed by atoms with E-state index in [1.54, 1.807) is 0 Å². The molecule has 80 valence electrons. The molecular weight excluding hydrogens is 266 g/mol. The van der Waals surface area contributed by atoms with E-state index in [1.807, 2.05) is 0 Å². The maximum atomic E-state index is 10.7. The van der Waals surface area contributed by atoms with E-state index in [4.69, 9.17) is 5.11 Å². The molecule has 0 spiro atoms. The third-order valence-corrected chi connectivity index (χ3v) is 2.72. The van der Waals surface area contributed by atoms with Crippen molar-refractivity contribution >= 4 is 27.6 Å². The van der Waals surface area contributed by atoms with E-state index >= 15 is 0 Å². The lowest BCUT2D eigenvalue weighted by Crippen LogP contribution is -2.08. The number of nitrogens with zero attached hydrogens (tertiary/aromatic N) is 1. The molecule has 0 aliphatic rings. The highest BCUT2D eigenvalue weighted by atomic mass is 79.9. The quantitative estimate of drug-likeness (QED) is 0.678. The number of non-ortho nitro benzene ring substituents is 1. The second kappa shape index (κ2) is 4.39. The normalized spacial score (nSPS) is 12.1. The molecule has 1 rings (SSSR count). The summed E-state index contributed by atoms with van der Waals surface area (Å²) in [6, 6.07) is 4.04. The van der Waals surface area contributed by atoms with E-state index in [9.17, 15) is 14.9 Å². The first kappa shape index (κ1) is 11.6. The zero-order chi connectivity index (χ0) is 11.6. The van der Waals surface area contributed by atoms with Crippen molar-refractivity contribution in [3.05, 3.63) is 38.3 Å². The van der Waals surface area contributed by atoms with E-state index in [2.05, 4.69) is 15.9 Å². The second-order valence-corrected chi connectivity index (χ2v) is 3.88. The van der Waals surface area contributed by atoms with Gasteiger partial charge in [0.25, 0.3) is 5.69 Å². The average molecular weight is 274 g/mol. The number of halogens is 1. The SMILES string of the molecule is CC(C(=O)O)c1ccc([N+](=O)[O-])cc1Br. The molecule has 6 heteroatoms. The van der Waals surface area contributed by atoms with Crippen LogP contribution in [0.1, 0.15) is 18.4 Å². The summed E-state index contributed by atoms with van der Waals surface area (Å²) in [6.07, 6.45) is 0. The van der Waals surface area contributed by atoms with Crippen LogP contribution in [-0.4, -0.2) is 16.0 Å². The number of hydrogen-bond donors (Lipinski definition) is 1. The fraction of sp³-hybridized carbons (Fsp3) is 0.222. The van der Waals surface area contributed by atoms with Crippen molar-refractivity contribution in [3.63, 3.8) is 0 Å². The molecule has 0 fully saturated rings. The van der Waals surface area contributed by atoms with Crippen LogP contribution in [0, 0.1) is 10.1 Å². The second-order valence-electron chi connectivity index (χ2n) is 3.02. The van der Waals surface area contributed by atoms with Crippen LogP contribution >= 0.6 is 15.9 Å². The molecule has 1 aromatic carbocycles. The molecule has 1 atom stereocenters. The topological polar surface area (TPSA) is 80.4 Å². The lowest BCUT2D eigenvalue weighted by Gasteiger charge is -2.08. The number of carboxylic acid groups (broad SMARTS) is 1. The Morgan fingerprint density at radius 3 is 2.60 bits per heavy atom. The van der Waals surface area contributed by atoms with Crippen molar-refractivity contribution in [2.75, 3.05) is 0 Å². The Morgan fingerprint density at radius 1 is 1.60 bits per heavy atom. The van der Waals surface area contributed by atoms with Gasteiger partial charge in [-0.1, -0.05) is 22.0 Å². The van der Waals surface area contributed by atoms with Gasteiger partial charge in [-0.15, -0.1) is 0 Å². The van der Waals surface area contributed by atoms with Gasteiger partial charge in [0.2, 0.25) is 0 Å². The molecule has 0 heterocycles. The van der Waals surface area contributed by atoms with Crippen LogP contribution in [0.2, 0.25) is 0 Å². The average Bonchev–Trinajstić information content (AvgIpc) is 2.16. The van der Waals surface area contributed by atoms with Crippen molar-refractivity contribution in [1.82, 2.24) is 0 Å². The molecule has 0 saturated heterocycles. The lowest BCUT2D eigenvalue weighted by molar-refractivity contribution is -0.384. The number of benzene rings is 1. The molecule has 0 aromatic heterocycles. The smallest absolute Gasteiger partial charge is 0.310 e. The monoisotopic (exact) mass is 273 g/mol. The Kier molecular flexibility index (Phi) is 3.41. The van der Waals surface area contributed by atoms with Gasteiger partial charge in [-0.05, 0) is 12.5 Å². The molecule has 0 amide bonds. The number of carbonyl (C=O) groups is 1. The Morgan fingerprint density at radius 2 is 2.20 bits per heavy atom. The molecule has 0 bridgehead atoms. The Hall–Kier alpha value is -1.43. The first-order chi connectivity index (χ1) is 6.93. The van der Waals surface area contributed by atoms with Gasteiger partial charge < -0.3 is 5.11 Å². The summed E-state index contributed by atoms with van der Waals surface area (Å²) in [5.41, 5.74) is 0.455. The summed E-state index contributed by atoms with van der Waals surface area (Å²) in [4.78, 5) is 20.6. The molecule has 1 aromatic rings. The first-order valence-corrected chi connectivity index (χ1v) is 4.89. The predicted octanol–water partition coefficient (Wildman–Crippen LogP) is 2.55. The van der Waals surface area contributed by atoms with Gasteiger partial charge in [0.05, 0.1) is 10.8 Å². The number of nitro benzene ring substituents is 1. The maximum Gasteiger partial charge on any atom is 0.310 e. The van der Waals surface area contributed by atoms with Crippen LogP contribution < -0.4 is 0 Å². The number of aliphatic carboxylic acids is 1. The van der Waals surface area contributed by atoms with Gasteiger partial charge in [-0.25, -0.2) is 0 Å². The van der Waals surface area contributed by atoms with Gasteiger partial charge >= 0.3 is 5.97 Å². The van der Waals surface area contributed by atoms with Crippen LogP contribution in [0.25, 0.3) is 0 Å². The molecule has 0 aliphatic heterocycles. The third kappa shape index (κ3) is 2.53. The zero-order valence-electron chi connectivity index (χ0n) is 7.81. The number of hydrogen-bond acceptors (Lipinski definition) is 3. The van der Waals surface area contributed by atoms with Crippen LogP contribution in [0.5, 0.6) is 0 Å². The van der Waals surface area contributed by atoms with Crippen LogP contribution in [0.15, 0.2) is 22.7 Å². The maximum absolute atomic E-state index is 10.7. The lowest BCUT2D eigenvalue weighted by atomic mass is 10.0. The van der Waals surface area contributed by atoms with Crippen molar-refractivity contribution < 1.29 is 14.8 Å².